The number of hydrogen-bond donors (Lipinski definition) is 0. The van der Waals surface area contributed by atoms with Gasteiger partial charge in [0.05, 0.1) is 16.7 Å². The van der Waals surface area contributed by atoms with Crippen molar-refractivity contribution in [1.82, 2.24) is 19.1 Å². The van der Waals surface area contributed by atoms with Crippen LogP contribution in [0.3, 0.4) is 0 Å². The van der Waals surface area contributed by atoms with E-state index in [1.54, 1.807) is 10.7 Å². The van der Waals surface area contributed by atoms with E-state index in [0.29, 0.717) is 28.0 Å². The number of hydrogen-bond acceptors (Lipinski definition) is 3. The molecule has 0 saturated carbocycles. The van der Waals surface area contributed by atoms with Crippen molar-refractivity contribution in [3.8, 4) is 0 Å². The fourth-order valence-corrected chi connectivity index (χ4v) is 2.93. The smallest absolute Gasteiger partial charge is 0.203 e. The minimum Gasteiger partial charge on any atom is -0.283 e. The normalized spacial score (nSPS) is 11.5. The van der Waals surface area contributed by atoms with Gasteiger partial charge in [-0.3, -0.25) is 9.30 Å². The molecule has 3 aromatic rings. The molecule has 2 heterocycles. The summed E-state index contributed by atoms with van der Waals surface area (Å²) in [5.41, 5.74) is 1.81. The largest absolute Gasteiger partial charge is 0.283 e. The first-order valence-electron chi connectivity index (χ1n) is 6.72. The minimum absolute atomic E-state index is 0.567. The summed E-state index contributed by atoms with van der Waals surface area (Å²) >= 11 is 17.7. The molecule has 4 nitrogen and oxygen atoms in total. The molecule has 0 radical (unpaired) electrons. The van der Waals surface area contributed by atoms with E-state index in [2.05, 4.69) is 10.00 Å². The highest BCUT2D eigenvalue weighted by molar-refractivity contribution is 7.71. The number of rotatable bonds is 4. The van der Waals surface area contributed by atoms with Gasteiger partial charge < -0.3 is 0 Å². The van der Waals surface area contributed by atoms with Crippen LogP contribution in [-0.2, 0) is 13.2 Å². The van der Waals surface area contributed by atoms with Crippen molar-refractivity contribution in [2.45, 2.75) is 13.2 Å². The van der Waals surface area contributed by atoms with Crippen molar-refractivity contribution in [3.05, 3.63) is 63.0 Å². The van der Waals surface area contributed by atoms with Gasteiger partial charge in [-0.15, -0.1) is 0 Å². The quantitative estimate of drug-likeness (QED) is 0.656. The molecule has 0 aliphatic rings. The van der Waals surface area contributed by atoms with Crippen molar-refractivity contribution < 1.29 is 0 Å². The summed E-state index contributed by atoms with van der Waals surface area (Å²) in [7, 11) is 1.99. The van der Waals surface area contributed by atoms with Gasteiger partial charge in [-0.1, -0.05) is 41.4 Å². The third-order valence-corrected chi connectivity index (χ3v) is 4.60. The van der Waals surface area contributed by atoms with Crippen LogP contribution in [0.25, 0.3) is 5.65 Å². The van der Waals surface area contributed by atoms with E-state index in [-0.39, 0.29) is 0 Å². The van der Waals surface area contributed by atoms with Crippen LogP contribution in [0.2, 0.25) is 10.0 Å². The Labute approximate surface area is 143 Å². The number of benzene rings is 1. The number of nitrogens with zero attached hydrogens (tertiary/aromatic N) is 4. The van der Waals surface area contributed by atoms with Crippen LogP contribution in [0.1, 0.15) is 5.56 Å². The molecule has 0 spiro atoms. The number of pyridine rings is 1. The predicted molar refractivity (Wildman–Crippen MR) is 91.9 cm³/mol. The zero-order chi connectivity index (χ0) is 15.7. The lowest BCUT2D eigenvalue weighted by atomic mass is 10.2. The standard InChI is InChI=1S/C15H14Cl2N4S/c1-19(9-11-5-4-6-12(16)14(11)17)10-21-15(22)20-8-3-2-7-13(20)18-21/h2-8H,9-10H2,1H3. The predicted octanol–water partition coefficient (Wildman–Crippen LogP) is 4.26. The SMILES string of the molecule is CN(Cc1cccc(Cl)c1Cl)Cn1nc2ccccn2c1=S. The van der Waals surface area contributed by atoms with Gasteiger partial charge in [-0.2, -0.15) is 5.10 Å². The Morgan fingerprint density at radius 2 is 2.00 bits per heavy atom. The van der Waals surface area contributed by atoms with Gasteiger partial charge in [0.15, 0.2) is 5.65 Å². The summed E-state index contributed by atoms with van der Waals surface area (Å²) in [5, 5.41) is 5.67. The van der Waals surface area contributed by atoms with Gasteiger partial charge in [0.1, 0.15) is 0 Å². The zero-order valence-electron chi connectivity index (χ0n) is 11.9. The van der Waals surface area contributed by atoms with Gasteiger partial charge >= 0.3 is 0 Å². The zero-order valence-corrected chi connectivity index (χ0v) is 14.2. The molecule has 114 valence electrons. The molecule has 0 aliphatic heterocycles. The third-order valence-electron chi connectivity index (χ3n) is 3.34. The van der Waals surface area contributed by atoms with E-state index in [1.807, 2.05) is 48.0 Å². The minimum atomic E-state index is 0.567. The van der Waals surface area contributed by atoms with E-state index in [9.17, 15) is 0 Å². The fraction of sp³-hybridized carbons (Fsp3) is 0.200. The highest BCUT2D eigenvalue weighted by Crippen LogP contribution is 2.26. The third kappa shape index (κ3) is 3.03. The molecular weight excluding hydrogens is 339 g/mol. The second-order valence-electron chi connectivity index (χ2n) is 5.08. The maximum atomic E-state index is 6.23. The van der Waals surface area contributed by atoms with Crippen LogP contribution in [0.15, 0.2) is 42.6 Å². The second-order valence-corrected chi connectivity index (χ2v) is 6.23. The summed E-state index contributed by atoms with van der Waals surface area (Å²) in [4.78, 5) is 2.08. The van der Waals surface area contributed by atoms with Gasteiger partial charge in [-0.05, 0) is 43.0 Å². The molecule has 0 N–H and O–H groups in total. The van der Waals surface area contributed by atoms with Gasteiger partial charge in [-0.25, -0.2) is 4.68 Å². The molecule has 0 fully saturated rings. The molecule has 7 heteroatoms. The van der Waals surface area contributed by atoms with Crippen LogP contribution in [-0.4, -0.2) is 26.1 Å². The van der Waals surface area contributed by atoms with Crippen molar-refractivity contribution in [2.24, 2.45) is 0 Å². The highest BCUT2D eigenvalue weighted by atomic mass is 35.5. The summed E-state index contributed by atoms with van der Waals surface area (Å²) in [5.74, 6) is 0. The van der Waals surface area contributed by atoms with Crippen LogP contribution < -0.4 is 0 Å². The Kier molecular flexibility index (Phi) is 4.49. The van der Waals surface area contributed by atoms with E-state index >= 15 is 0 Å². The molecule has 3 rings (SSSR count). The average Bonchev–Trinajstić information content (AvgIpc) is 2.81. The lowest BCUT2D eigenvalue weighted by Crippen LogP contribution is -2.22. The van der Waals surface area contributed by atoms with Gasteiger partial charge in [0, 0.05) is 12.7 Å². The summed E-state index contributed by atoms with van der Waals surface area (Å²) in [6.45, 7) is 1.23. The molecule has 0 atom stereocenters. The summed E-state index contributed by atoms with van der Waals surface area (Å²) in [6.07, 6.45) is 1.91. The molecule has 0 saturated heterocycles. The van der Waals surface area contributed by atoms with Crippen LogP contribution in [0, 0.1) is 4.77 Å². The van der Waals surface area contributed by atoms with E-state index in [0.717, 1.165) is 11.2 Å². The Hall–Kier alpha value is -1.40. The topological polar surface area (TPSA) is 25.5 Å². The first-order chi connectivity index (χ1) is 10.6. The number of fused-ring (bicyclic) bond motifs is 1. The maximum Gasteiger partial charge on any atom is 0.203 e. The van der Waals surface area contributed by atoms with E-state index in [1.165, 1.54) is 0 Å². The molecular formula is C15H14Cl2N4S. The van der Waals surface area contributed by atoms with Crippen LogP contribution >= 0.6 is 35.4 Å². The molecule has 1 aromatic carbocycles. The second kappa shape index (κ2) is 6.38. The fourth-order valence-electron chi connectivity index (χ4n) is 2.30. The van der Waals surface area contributed by atoms with Crippen LogP contribution in [0.5, 0.6) is 0 Å². The van der Waals surface area contributed by atoms with Crippen LogP contribution in [0.4, 0.5) is 0 Å². The summed E-state index contributed by atoms with van der Waals surface area (Å²) in [6, 6.07) is 11.5. The number of aromatic nitrogens is 3. The molecule has 0 amide bonds. The average molecular weight is 353 g/mol. The van der Waals surface area contributed by atoms with Crippen molar-refractivity contribution in [3.63, 3.8) is 0 Å². The van der Waals surface area contributed by atoms with Crippen molar-refractivity contribution >= 4 is 41.1 Å². The Balaban J connectivity index is 1.81. The molecule has 0 aliphatic carbocycles. The van der Waals surface area contributed by atoms with Gasteiger partial charge in [0.2, 0.25) is 4.77 Å². The number of halogens is 2. The molecule has 22 heavy (non-hydrogen) atoms. The Morgan fingerprint density at radius 3 is 2.77 bits per heavy atom. The maximum absolute atomic E-state index is 6.23. The lowest BCUT2D eigenvalue weighted by molar-refractivity contribution is 0.245. The lowest BCUT2D eigenvalue weighted by Gasteiger charge is -2.17. The Bertz CT molecular complexity index is 871. The monoisotopic (exact) mass is 352 g/mol. The molecule has 0 bridgehead atoms. The van der Waals surface area contributed by atoms with Gasteiger partial charge in [0.25, 0.3) is 0 Å². The van der Waals surface area contributed by atoms with E-state index < -0.39 is 0 Å². The van der Waals surface area contributed by atoms with Crippen molar-refractivity contribution in [1.29, 1.82) is 0 Å². The first kappa shape index (κ1) is 15.5. The van der Waals surface area contributed by atoms with E-state index in [4.69, 9.17) is 35.4 Å². The molecule has 2 aromatic heterocycles. The molecule has 0 unspecified atom stereocenters. The Morgan fingerprint density at radius 1 is 1.18 bits per heavy atom. The summed E-state index contributed by atoms with van der Waals surface area (Å²) < 4.78 is 4.35. The van der Waals surface area contributed by atoms with Crippen molar-refractivity contribution in [2.75, 3.05) is 7.05 Å². The highest BCUT2D eigenvalue weighted by Gasteiger charge is 2.09. The first-order valence-corrected chi connectivity index (χ1v) is 7.88.